The predicted octanol–water partition coefficient (Wildman–Crippen LogP) is 0.706. The molecule has 2 fully saturated rings. The van der Waals surface area contributed by atoms with Crippen LogP contribution in [-0.2, 0) is 11.3 Å². The maximum atomic E-state index is 5.43. The van der Waals surface area contributed by atoms with Crippen molar-refractivity contribution in [2.45, 2.75) is 25.4 Å². The summed E-state index contributed by atoms with van der Waals surface area (Å²) in [5.41, 5.74) is 0. The largest absolute Gasteiger partial charge is 0.381 e. The first-order valence-electron chi connectivity index (χ1n) is 6.94. The van der Waals surface area contributed by atoms with Crippen LogP contribution in [0.4, 0.5) is 0 Å². The first-order valence-corrected chi connectivity index (χ1v) is 6.94. The number of hydrogen-bond acceptors (Lipinski definition) is 4. The fourth-order valence-electron chi connectivity index (χ4n) is 2.93. The molecule has 0 unspecified atom stereocenters. The Hall–Kier alpha value is -0.910. The molecule has 100 valence electrons. The van der Waals surface area contributed by atoms with E-state index >= 15 is 0 Å². The molecule has 2 saturated heterocycles. The maximum absolute atomic E-state index is 5.43. The second-order valence-corrected chi connectivity index (χ2v) is 5.19. The summed E-state index contributed by atoms with van der Waals surface area (Å²) >= 11 is 0. The van der Waals surface area contributed by atoms with E-state index in [0.29, 0.717) is 0 Å². The Balaban J connectivity index is 1.45. The van der Waals surface area contributed by atoms with E-state index in [0.717, 1.165) is 44.7 Å². The lowest BCUT2D eigenvalue weighted by Gasteiger charge is -2.40. The third kappa shape index (κ3) is 2.91. The molecule has 3 rings (SSSR count). The van der Waals surface area contributed by atoms with Crippen molar-refractivity contribution >= 4 is 0 Å². The molecule has 1 aromatic rings. The molecule has 5 nitrogen and oxygen atoms in total. The molecule has 18 heavy (non-hydrogen) atoms. The van der Waals surface area contributed by atoms with E-state index in [4.69, 9.17) is 4.74 Å². The standard InChI is InChI=1S/C13H22N4O/c1-9-18-10-2-12(1)17-7-5-16(6-8-17)11-13-14-3-4-15-13/h3-4,12H,1-2,5-11H2,(H,14,15). The number of piperazine rings is 1. The number of ether oxygens (including phenoxy) is 1. The van der Waals surface area contributed by atoms with Gasteiger partial charge in [0.15, 0.2) is 0 Å². The lowest BCUT2D eigenvalue weighted by molar-refractivity contribution is 0.0123. The van der Waals surface area contributed by atoms with Gasteiger partial charge in [0.25, 0.3) is 0 Å². The van der Waals surface area contributed by atoms with Crippen LogP contribution in [0.15, 0.2) is 12.4 Å². The molecule has 0 amide bonds. The number of hydrogen-bond donors (Lipinski definition) is 1. The van der Waals surface area contributed by atoms with E-state index in [1.807, 2.05) is 12.4 Å². The van der Waals surface area contributed by atoms with E-state index in [-0.39, 0.29) is 0 Å². The Morgan fingerprint density at radius 3 is 2.67 bits per heavy atom. The van der Waals surface area contributed by atoms with Gasteiger partial charge in [0.05, 0.1) is 6.54 Å². The normalized spacial score (nSPS) is 24.4. The van der Waals surface area contributed by atoms with Gasteiger partial charge in [-0.05, 0) is 12.8 Å². The fraction of sp³-hybridized carbons (Fsp3) is 0.769. The van der Waals surface area contributed by atoms with E-state index in [9.17, 15) is 0 Å². The van der Waals surface area contributed by atoms with E-state index in [1.165, 1.54) is 25.9 Å². The van der Waals surface area contributed by atoms with Crippen LogP contribution >= 0.6 is 0 Å². The monoisotopic (exact) mass is 250 g/mol. The van der Waals surface area contributed by atoms with Crippen LogP contribution < -0.4 is 0 Å². The maximum Gasteiger partial charge on any atom is 0.120 e. The predicted molar refractivity (Wildman–Crippen MR) is 69.3 cm³/mol. The molecule has 2 aliphatic heterocycles. The number of H-pyrrole nitrogens is 1. The molecule has 0 spiro atoms. The Morgan fingerprint density at radius 1 is 1.22 bits per heavy atom. The Bertz CT molecular complexity index is 340. The third-order valence-corrected chi connectivity index (χ3v) is 4.04. The van der Waals surface area contributed by atoms with Crippen molar-refractivity contribution in [2.24, 2.45) is 0 Å². The number of aromatic amines is 1. The zero-order chi connectivity index (χ0) is 12.2. The van der Waals surface area contributed by atoms with Gasteiger partial charge in [0.2, 0.25) is 0 Å². The zero-order valence-corrected chi connectivity index (χ0v) is 10.8. The number of aromatic nitrogens is 2. The van der Waals surface area contributed by atoms with Gasteiger partial charge in [-0.3, -0.25) is 9.80 Å². The molecule has 5 heteroatoms. The van der Waals surface area contributed by atoms with Crippen molar-refractivity contribution in [1.29, 1.82) is 0 Å². The summed E-state index contributed by atoms with van der Waals surface area (Å²) in [4.78, 5) is 12.6. The van der Waals surface area contributed by atoms with Crippen LogP contribution in [0.2, 0.25) is 0 Å². The molecule has 1 aromatic heterocycles. The minimum absolute atomic E-state index is 0.754. The van der Waals surface area contributed by atoms with Crippen LogP contribution in [0.3, 0.4) is 0 Å². The van der Waals surface area contributed by atoms with Crippen LogP contribution in [0.1, 0.15) is 18.7 Å². The average molecular weight is 250 g/mol. The molecular formula is C13H22N4O. The number of nitrogens with zero attached hydrogens (tertiary/aromatic N) is 3. The second kappa shape index (κ2) is 5.82. The minimum atomic E-state index is 0.754. The summed E-state index contributed by atoms with van der Waals surface area (Å²) in [5.74, 6) is 1.08. The summed E-state index contributed by atoms with van der Waals surface area (Å²) in [6, 6.07) is 0.754. The van der Waals surface area contributed by atoms with Gasteiger partial charge in [0.1, 0.15) is 5.82 Å². The molecule has 3 heterocycles. The molecular weight excluding hydrogens is 228 g/mol. The quantitative estimate of drug-likeness (QED) is 0.858. The van der Waals surface area contributed by atoms with Gasteiger partial charge in [0, 0.05) is 57.8 Å². The zero-order valence-electron chi connectivity index (χ0n) is 10.8. The highest BCUT2D eigenvalue weighted by Crippen LogP contribution is 2.16. The molecule has 0 aliphatic carbocycles. The molecule has 0 atom stereocenters. The first-order chi connectivity index (χ1) is 8.92. The van der Waals surface area contributed by atoms with Crippen molar-refractivity contribution < 1.29 is 4.74 Å². The summed E-state index contributed by atoms with van der Waals surface area (Å²) in [5, 5.41) is 0. The topological polar surface area (TPSA) is 44.4 Å². The van der Waals surface area contributed by atoms with Gasteiger partial charge in [-0.1, -0.05) is 0 Å². The Labute approximate surface area is 108 Å². The first kappa shape index (κ1) is 12.1. The second-order valence-electron chi connectivity index (χ2n) is 5.19. The summed E-state index contributed by atoms with van der Waals surface area (Å²) < 4.78 is 5.43. The molecule has 0 radical (unpaired) electrons. The van der Waals surface area contributed by atoms with Crippen LogP contribution in [0, 0.1) is 0 Å². The van der Waals surface area contributed by atoms with E-state index in [1.54, 1.807) is 0 Å². The fourth-order valence-corrected chi connectivity index (χ4v) is 2.93. The van der Waals surface area contributed by atoms with E-state index in [2.05, 4.69) is 19.8 Å². The smallest absolute Gasteiger partial charge is 0.120 e. The van der Waals surface area contributed by atoms with Gasteiger partial charge in [-0.15, -0.1) is 0 Å². The Kier molecular flexibility index (Phi) is 3.93. The van der Waals surface area contributed by atoms with Crippen molar-refractivity contribution in [1.82, 2.24) is 19.8 Å². The lowest BCUT2D eigenvalue weighted by Crippen LogP contribution is -2.51. The highest BCUT2D eigenvalue weighted by atomic mass is 16.5. The van der Waals surface area contributed by atoms with Crippen molar-refractivity contribution in [2.75, 3.05) is 39.4 Å². The lowest BCUT2D eigenvalue weighted by atomic mass is 10.1. The van der Waals surface area contributed by atoms with Gasteiger partial charge in [-0.2, -0.15) is 0 Å². The third-order valence-electron chi connectivity index (χ3n) is 4.04. The van der Waals surface area contributed by atoms with Crippen molar-refractivity contribution in [3.05, 3.63) is 18.2 Å². The molecule has 2 aliphatic rings. The average Bonchev–Trinajstić information content (AvgIpc) is 2.94. The number of nitrogens with one attached hydrogen (secondary N) is 1. The summed E-state index contributed by atoms with van der Waals surface area (Å²) in [6.45, 7) is 7.51. The van der Waals surface area contributed by atoms with Crippen LogP contribution in [0.25, 0.3) is 0 Å². The van der Waals surface area contributed by atoms with Gasteiger partial charge >= 0.3 is 0 Å². The van der Waals surface area contributed by atoms with Gasteiger partial charge < -0.3 is 9.72 Å². The van der Waals surface area contributed by atoms with Gasteiger partial charge in [-0.25, -0.2) is 4.98 Å². The van der Waals surface area contributed by atoms with Crippen molar-refractivity contribution in [3.8, 4) is 0 Å². The summed E-state index contributed by atoms with van der Waals surface area (Å²) in [6.07, 6.45) is 6.14. The highest BCUT2D eigenvalue weighted by molar-refractivity contribution is 4.88. The molecule has 0 saturated carbocycles. The van der Waals surface area contributed by atoms with Crippen molar-refractivity contribution in [3.63, 3.8) is 0 Å². The van der Waals surface area contributed by atoms with E-state index < -0.39 is 0 Å². The number of rotatable bonds is 3. The minimum Gasteiger partial charge on any atom is -0.381 e. The highest BCUT2D eigenvalue weighted by Gasteiger charge is 2.25. The molecule has 1 N–H and O–H groups in total. The molecule has 0 bridgehead atoms. The molecule has 0 aromatic carbocycles. The SMILES string of the molecule is c1c[nH]c(CN2CCN(C3CCOCC3)CC2)n1. The summed E-state index contributed by atoms with van der Waals surface area (Å²) in [7, 11) is 0. The van der Waals surface area contributed by atoms with Crippen LogP contribution in [-0.4, -0.2) is 65.2 Å². The van der Waals surface area contributed by atoms with Crippen LogP contribution in [0.5, 0.6) is 0 Å². The Morgan fingerprint density at radius 2 is 2.00 bits per heavy atom. The number of imidazole rings is 1.